The number of likely N-dealkylation sites (tertiary alicyclic amines) is 1. The average molecular weight is 335 g/mol. The Morgan fingerprint density at radius 1 is 1.35 bits per heavy atom. The predicted molar refractivity (Wildman–Crippen MR) is 88.9 cm³/mol. The highest BCUT2D eigenvalue weighted by Crippen LogP contribution is 2.29. The minimum atomic E-state index is -0.0152. The molecule has 1 aromatic carbocycles. The molecule has 5 nitrogen and oxygen atoms in total. The van der Waals surface area contributed by atoms with Crippen LogP contribution >= 0.6 is 11.6 Å². The van der Waals surface area contributed by atoms with Gasteiger partial charge in [-0.1, -0.05) is 11.6 Å². The SMILES string of the molecule is COC1CCN(C(=O)COc2ccc(Cl)c3cccnc23)CC1. The first kappa shape index (κ1) is 16.0. The van der Waals surface area contributed by atoms with Crippen LogP contribution in [0.25, 0.3) is 10.9 Å². The topological polar surface area (TPSA) is 51.7 Å². The first-order valence-corrected chi connectivity index (χ1v) is 8.03. The van der Waals surface area contributed by atoms with E-state index in [1.165, 1.54) is 0 Å². The zero-order chi connectivity index (χ0) is 16.2. The molecule has 2 aromatic rings. The van der Waals surface area contributed by atoms with Crippen molar-refractivity contribution >= 4 is 28.4 Å². The van der Waals surface area contributed by atoms with Gasteiger partial charge in [-0.15, -0.1) is 0 Å². The fourth-order valence-corrected chi connectivity index (χ4v) is 3.02. The Morgan fingerprint density at radius 2 is 2.13 bits per heavy atom. The number of hydrogen-bond acceptors (Lipinski definition) is 4. The van der Waals surface area contributed by atoms with Crippen LogP contribution in [0, 0.1) is 0 Å². The number of nitrogens with zero attached hydrogens (tertiary/aromatic N) is 2. The Kier molecular flexibility index (Phi) is 4.98. The highest BCUT2D eigenvalue weighted by Gasteiger charge is 2.22. The molecular weight excluding hydrogens is 316 g/mol. The molecule has 122 valence electrons. The molecule has 0 unspecified atom stereocenters. The number of carbonyl (C=O) groups is 1. The third kappa shape index (κ3) is 3.57. The number of hydrogen-bond donors (Lipinski definition) is 0. The van der Waals surface area contributed by atoms with Gasteiger partial charge in [0.2, 0.25) is 0 Å². The van der Waals surface area contributed by atoms with E-state index >= 15 is 0 Å². The van der Waals surface area contributed by atoms with Gasteiger partial charge in [0.05, 0.1) is 11.1 Å². The van der Waals surface area contributed by atoms with Gasteiger partial charge in [-0.25, -0.2) is 0 Å². The molecular formula is C17H19ClN2O3. The first-order valence-electron chi connectivity index (χ1n) is 7.65. The van der Waals surface area contributed by atoms with Gasteiger partial charge in [0.15, 0.2) is 6.61 Å². The maximum atomic E-state index is 12.3. The lowest BCUT2D eigenvalue weighted by Crippen LogP contribution is -2.42. The number of halogens is 1. The van der Waals surface area contributed by atoms with Crippen molar-refractivity contribution in [3.63, 3.8) is 0 Å². The summed E-state index contributed by atoms with van der Waals surface area (Å²) in [5.41, 5.74) is 0.672. The van der Waals surface area contributed by atoms with Crippen LogP contribution in [-0.4, -0.2) is 48.7 Å². The largest absolute Gasteiger partial charge is 0.481 e. The van der Waals surface area contributed by atoms with Crippen molar-refractivity contribution in [3.05, 3.63) is 35.5 Å². The van der Waals surface area contributed by atoms with Crippen molar-refractivity contribution in [1.82, 2.24) is 9.88 Å². The normalized spacial score (nSPS) is 15.8. The van der Waals surface area contributed by atoms with Crippen molar-refractivity contribution in [1.29, 1.82) is 0 Å². The van der Waals surface area contributed by atoms with Gasteiger partial charge in [0, 0.05) is 31.8 Å². The first-order chi connectivity index (χ1) is 11.2. The van der Waals surface area contributed by atoms with Gasteiger partial charge in [-0.05, 0) is 37.1 Å². The summed E-state index contributed by atoms with van der Waals surface area (Å²) in [6, 6.07) is 7.22. The van der Waals surface area contributed by atoms with Crippen LogP contribution in [0.4, 0.5) is 0 Å². The molecule has 1 aliphatic rings. The van der Waals surface area contributed by atoms with E-state index in [0.717, 1.165) is 18.2 Å². The Labute approximate surface area is 140 Å². The van der Waals surface area contributed by atoms with Crippen molar-refractivity contribution in [2.24, 2.45) is 0 Å². The molecule has 2 heterocycles. The molecule has 0 saturated carbocycles. The highest BCUT2D eigenvalue weighted by atomic mass is 35.5. The second-order valence-corrected chi connectivity index (χ2v) is 5.96. The van der Waals surface area contributed by atoms with Gasteiger partial charge in [0.25, 0.3) is 5.91 Å². The molecule has 0 N–H and O–H groups in total. The number of ether oxygens (including phenoxy) is 2. The lowest BCUT2D eigenvalue weighted by atomic mass is 10.1. The summed E-state index contributed by atoms with van der Waals surface area (Å²) in [6.45, 7) is 1.42. The smallest absolute Gasteiger partial charge is 0.260 e. The van der Waals surface area contributed by atoms with Crippen molar-refractivity contribution in [3.8, 4) is 5.75 Å². The van der Waals surface area contributed by atoms with Gasteiger partial charge in [-0.2, -0.15) is 0 Å². The van der Waals surface area contributed by atoms with Gasteiger partial charge < -0.3 is 14.4 Å². The number of carbonyl (C=O) groups excluding carboxylic acids is 1. The number of fused-ring (bicyclic) bond motifs is 1. The molecule has 1 amide bonds. The summed E-state index contributed by atoms with van der Waals surface area (Å²) in [5, 5.41) is 1.44. The van der Waals surface area contributed by atoms with E-state index < -0.39 is 0 Å². The average Bonchev–Trinajstić information content (AvgIpc) is 2.61. The Bertz CT molecular complexity index is 699. The lowest BCUT2D eigenvalue weighted by molar-refractivity contribution is -0.135. The summed E-state index contributed by atoms with van der Waals surface area (Å²) in [5.74, 6) is 0.559. The summed E-state index contributed by atoms with van der Waals surface area (Å²) in [4.78, 5) is 18.4. The monoisotopic (exact) mass is 334 g/mol. The molecule has 0 atom stereocenters. The van der Waals surface area contributed by atoms with Crippen molar-refractivity contribution in [2.75, 3.05) is 26.8 Å². The van der Waals surface area contributed by atoms with E-state index in [1.807, 2.05) is 17.0 Å². The summed E-state index contributed by atoms with van der Waals surface area (Å²) < 4.78 is 11.0. The maximum absolute atomic E-state index is 12.3. The lowest BCUT2D eigenvalue weighted by Gasteiger charge is -2.31. The van der Waals surface area contributed by atoms with Gasteiger partial charge >= 0.3 is 0 Å². The van der Waals surface area contributed by atoms with E-state index in [9.17, 15) is 4.79 Å². The van der Waals surface area contributed by atoms with Crippen LogP contribution in [0.3, 0.4) is 0 Å². The minimum Gasteiger partial charge on any atom is -0.481 e. The fraction of sp³-hybridized carbons (Fsp3) is 0.412. The van der Waals surface area contributed by atoms with Crippen molar-refractivity contribution < 1.29 is 14.3 Å². The zero-order valence-corrected chi connectivity index (χ0v) is 13.8. The number of piperidine rings is 1. The molecule has 1 saturated heterocycles. The molecule has 3 rings (SSSR count). The molecule has 1 fully saturated rings. The van der Waals surface area contributed by atoms with Crippen LogP contribution in [0.5, 0.6) is 5.75 Å². The number of amides is 1. The Balaban J connectivity index is 1.65. The summed E-state index contributed by atoms with van der Waals surface area (Å²) in [7, 11) is 1.71. The van der Waals surface area contributed by atoms with E-state index in [2.05, 4.69) is 4.98 Å². The third-order valence-electron chi connectivity index (χ3n) is 4.16. The minimum absolute atomic E-state index is 0.00492. The molecule has 0 radical (unpaired) electrons. The Hall–Kier alpha value is -1.85. The number of benzene rings is 1. The second kappa shape index (κ2) is 7.15. The summed E-state index contributed by atoms with van der Waals surface area (Å²) in [6.07, 6.45) is 3.67. The molecule has 1 aliphatic heterocycles. The molecule has 0 spiro atoms. The van der Waals surface area contributed by atoms with Crippen LogP contribution in [0.2, 0.25) is 5.02 Å². The molecule has 1 aromatic heterocycles. The van der Waals surface area contributed by atoms with Crippen LogP contribution in [0.15, 0.2) is 30.5 Å². The van der Waals surface area contributed by atoms with Gasteiger partial charge in [0.1, 0.15) is 11.3 Å². The highest BCUT2D eigenvalue weighted by molar-refractivity contribution is 6.35. The van der Waals surface area contributed by atoms with Crippen LogP contribution < -0.4 is 4.74 Å². The number of aromatic nitrogens is 1. The van der Waals surface area contributed by atoms with Crippen molar-refractivity contribution in [2.45, 2.75) is 18.9 Å². The molecule has 6 heteroatoms. The predicted octanol–water partition coefficient (Wildman–Crippen LogP) is 2.90. The van der Waals surface area contributed by atoms with E-state index in [1.54, 1.807) is 25.4 Å². The molecule has 0 aliphatic carbocycles. The summed E-state index contributed by atoms with van der Waals surface area (Å²) >= 11 is 6.16. The van der Waals surface area contributed by atoms with Gasteiger partial charge in [-0.3, -0.25) is 9.78 Å². The quantitative estimate of drug-likeness (QED) is 0.862. The fourth-order valence-electron chi connectivity index (χ4n) is 2.80. The molecule has 23 heavy (non-hydrogen) atoms. The third-order valence-corrected chi connectivity index (χ3v) is 4.49. The second-order valence-electron chi connectivity index (χ2n) is 5.55. The zero-order valence-electron chi connectivity index (χ0n) is 13.0. The van der Waals surface area contributed by atoms with Crippen LogP contribution in [0.1, 0.15) is 12.8 Å². The number of rotatable bonds is 4. The van der Waals surface area contributed by atoms with E-state index in [0.29, 0.717) is 29.4 Å². The number of pyridine rings is 1. The maximum Gasteiger partial charge on any atom is 0.260 e. The Morgan fingerprint density at radius 3 is 2.87 bits per heavy atom. The molecule has 0 bridgehead atoms. The van der Waals surface area contributed by atoms with E-state index in [-0.39, 0.29) is 18.6 Å². The van der Waals surface area contributed by atoms with E-state index in [4.69, 9.17) is 21.1 Å². The standard InChI is InChI=1S/C17H19ClN2O3/c1-22-12-6-9-20(10-7-12)16(21)11-23-15-5-4-14(18)13-3-2-8-19-17(13)15/h2-5,8,12H,6-7,9-11H2,1H3. The number of methoxy groups -OCH3 is 1. The van der Waals surface area contributed by atoms with Crippen LogP contribution in [-0.2, 0) is 9.53 Å².